The number of hydrogen-bond acceptors (Lipinski definition) is 3. The third-order valence-electron chi connectivity index (χ3n) is 2.13. The molecular weight excluding hydrogens is 202 g/mol. The van der Waals surface area contributed by atoms with Gasteiger partial charge in [0.1, 0.15) is 5.56 Å². The molecule has 1 aromatic heterocycles. The molecule has 0 saturated heterocycles. The Labute approximate surface area is 84.5 Å². The standard InChI is InChI=1S/C8H9N3O2S/c1-3-10-7-5(2)6(12)11(13-7)8(10)14-4-9/h4H,3H2,1-2H3. The average molecular weight is 211 g/mol. The Morgan fingerprint density at radius 1 is 1.71 bits per heavy atom. The molecule has 0 atom stereocenters. The van der Waals surface area contributed by atoms with Crippen molar-refractivity contribution in [3.63, 3.8) is 0 Å². The quantitative estimate of drug-likeness (QED) is 0.416. The average Bonchev–Trinajstić information content (AvgIpc) is 2.66. The van der Waals surface area contributed by atoms with Gasteiger partial charge >= 0.3 is 16.6 Å². The zero-order valence-corrected chi connectivity index (χ0v) is 8.67. The molecule has 1 aliphatic heterocycles. The first kappa shape index (κ1) is 9.26. The van der Waals surface area contributed by atoms with Gasteiger partial charge in [-0.2, -0.15) is 4.58 Å². The summed E-state index contributed by atoms with van der Waals surface area (Å²) in [6, 6.07) is 0. The molecule has 2 heterocycles. The van der Waals surface area contributed by atoms with E-state index < -0.39 is 0 Å². The van der Waals surface area contributed by atoms with Crippen molar-refractivity contribution in [3.05, 3.63) is 21.3 Å². The largest absolute Gasteiger partial charge is 0.804 e. The molecular formula is C8H9N3O2S. The molecule has 0 N–H and O–H groups in total. The van der Waals surface area contributed by atoms with Gasteiger partial charge in [0.2, 0.25) is 0 Å². The van der Waals surface area contributed by atoms with Gasteiger partial charge in [-0.15, -0.1) is 5.55 Å². The van der Waals surface area contributed by atoms with Crippen LogP contribution in [0.5, 0.6) is 0 Å². The topological polar surface area (TPSA) is 60.5 Å². The normalized spacial score (nSPS) is 13.9. The molecule has 74 valence electrons. The fourth-order valence-corrected chi connectivity index (χ4v) is 2.10. The molecule has 0 unspecified atom stereocenters. The molecule has 5 nitrogen and oxygen atoms in total. The van der Waals surface area contributed by atoms with Crippen LogP contribution >= 0.6 is 11.8 Å². The van der Waals surface area contributed by atoms with E-state index in [2.05, 4.69) is 0 Å². The molecule has 0 amide bonds. The third-order valence-corrected chi connectivity index (χ3v) is 2.83. The Hall–Kier alpha value is -1.30. The number of rotatable bonds is 2. The minimum Gasteiger partial charge on any atom is -0.804 e. The van der Waals surface area contributed by atoms with Crippen LogP contribution in [0, 0.1) is 6.92 Å². The molecule has 0 spiro atoms. The predicted octanol–water partition coefficient (Wildman–Crippen LogP) is 0.962. The van der Waals surface area contributed by atoms with Gasteiger partial charge < -0.3 is 5.41 Å². The summed E-state index contributed by atoms with van der Waals surface area (Å²) in [7, 11) is 0. The maximum Gasteiger partial charge on any atom is 0.385 e. The number of hydrogen-bond donors (Lipinski definition) is 0. The van der Waals surface area contributed by atoms with E-state index in [0.717, 1.165) is 17.3 Å². The van der Waals surface area contributed by atoms with E-state index >= 15 is 0 Å². The molecule has 0 saturated carbocycles. The van der Waals surface area contributed by atoms with Crippen LogP contribution in [0.4, 0.5) is 5.88 Å². The summed E-state index contributed by atoms with van der Waals surface area (Å²) in [4.78, 5) is 11.5. The minimum absolute atomic E-state index is 0.158. The van der Waals surface area contributed by atoms with E-state index in [-0.39, 0.29) is 5.56 Å². The summed E-state index contributed by atoms with van der Waals surface area (Å²) < 4.78 is 8.31. The molecule has 0 fully saturated rings. The molecule has 6 heteroatoms. The molecule has 1 aromatic rings. The summed E-state index contributed by atoms with van der Waals surface area (Å²) in [6.07, 6.45) is 0. The summed E-state index contributed by atoms with van der Waals surface area (Å²) >= 11 is 1.06. The Morgan fingerprint density at radius 2 is 2.43 bits per heavy atom. The first-order valence-electron chi connectivity index (χ1n) is 4.21. The number of fused-ring (bicyclic) bond motifs is 2. The van der Waals surface area contributed by atoms with Crippen molar-refractivity contribution >= 4 is 28.4 Å². The van der Waals surface area contributed by atoms with Gasteiger partial charge in [0.15, 0.2) is 0 Å². The first-order chi connectivity index (χ1) is 6.70. The second-order valence-electron chi connectivity index (χ2n) is 2.87. The molecule has 2 rings (SSSR count). The smallest absolute Gasteiger partial charge is 0.385 e. The molecule has 14 heavy (non-hydrogen) atoms. The maximum absolute atomic E-state index is 11.5. The second-order valence-corrected chi connectivity index (χ2v) is 3.68. The van der Waals surface area contributed by atoms with Crippen LogP contribution in [0.1, 0.15) is 12.5 Å². The third kappa shape index (κ3) is 1.00. The highest BCUT2D eigenvalue weighted by atomic mass is 32.2. The van der Waals surface area contributed by atoms with Gasteiger partial charge in [-0.25, -0.2) is 9.32 Å². The van der Waals surface area contributed by atoms with E-state index in [9.17, 15) is 4.79 Å². The number of nitrogens with zero attached hydrogens (tertiary/aromatic N) is 3. The zero-order chi connectivity index (χ0) is 10.3. The van der Waals surface area contributed by atoms with Crippen molar-refractivity contribution in [3.8, 4) is 0 Å². The van der Waals surface area contributed by atoms with Crippen LogP contribution in [-0.4, -0.2) is 26.6 Å². The van der Waals surface area contributed by atoms with Crippen LogP contribution in [0.3, 0.4) is 0 Å². The van der Waals surface area contributed by atoms with E-state index in [4.69, 9.17) is 9.93 Å². The second kappa shape index (κ2) is 3.13. The van der Waals surface area contributed by atoms with Crippen LogP contribution < -0.4 is 5.56 Å². The molecule has 0 aliphatic carbocycles. The zero-order valence-electron chi connectivity index (χ0n) is 7.85. The predicted molar refractivity (Wildman–Crippen MR) is 55.6 cm³/mol. The highest BCUT2D eigenvalue weighted by Gasteiger charge is 2.37. The number of thioether (sulfide) groups is 1. The van der Waals surface area contributed by atoms with Crippen molar-refractivity contribution in [1.82, 2.24) is 4.74 Å². The first-order valence-corrected chi connectivity index (χ1v) is 5.09. The summed E-state index contributed by atoms with van der Waals surface area (Å²) in [5.74, 6) is 0.571. The van der Waals surface area contributed by atoms with Crippen molar-refractivity contribution in [2.24, 2.45) is 0 Å². The fraction of sp³-hybridized carbons (Fsp3) is 0.375. The Morgan fingerprint density at radius 3 is 3.00 bits per heavy atom. The van der Waals surface area contributed by atoms with E-state index in [1.165, 1.54) is 4.74 Å². The van der Waals surface area contributed by atoms with E-state index in [1.54, 1.807) is 6.92 Å². The van der Waals surface area contributed by atoms with Crippen LogP contribution in [0.25, 0.3) is 5.41 Å². The lowest BCUT2D eigenvalue weighted by molar-refractivity contribution is -0.442. The Kier molecular flexibility index (Phi) is 2.07. The minimum atomic E-state index is -0.158. The lowest BCUT2D eigenvalue weighted by atomic mass is 10.3. The molecule has 1 aliphatic rings. The van der Waals surface area contributed by atoms with Crippen LogP contribution in [0.2, 0.25) is 0 Å². The van der Waals surface area contributed by atoms with Crippen molar-refractivity contribution in [1.29, 1.82) is 0 Å². The maximum atomic E-state index is 11.5. The molecule has 2 bridgehead atoms. The van der Waals surface area contributed by atoms with Gasteiger partial charge in [-0.3, -0.25) is 0 Å². The Bertz CT molecular complexity index is 483. The summed E-state index contributed by atoms with van der Waals surface area (Å²) in [5.41, 5.74) is 1.38. The van der Waals surface area contributed by atoms with Gasteiger partial charge in [0.25, 0.3) is 0 Å². The fourth-order valence-electron chi connectivity index (χ4n) is 1.45. The highest BCUT2D eigenvalue weighted by Crippen LogP contribution is 2.24. The van der Waals surface area contributed by atoms with E-state index in [1.807, 2.05) is 11.5 Å². The lowest BCUT2D eigenvalue weighted by Gasteiger charge is -2.00. The van der Waals surface area contributed by atoms with Crippen LogP contribution in [-0.2, 0) is 0 Å². The SMILES string of the molecule is CC[N+]1=C(SC=[N-])n2oc1c(C)c2=O. The monoisotopic (exact) mass is 211 g/mol. The molecule has 0 radical (unpaired) electrons. The van der Waals surface area contributed by atoms with Crippen molar-refractivity contribution in [2.75, 3.05) is 6.54 Å². The van der Waals surface area contributed by atoms with Gasteiger partial charge in [0.05, 0.1) is 6.54 Å². The lowest BCUT2D eigenvalue weighted by Crippen LogP contribution is -2.29. The highest BCUT2D eigenvalue weighted by molar-refractivity contribution is 8.24. The van der Waals surface area contributed by atoms with Gasteiger partial charge in [-0.05, 0) is 25.6 Å². The van der Waals surface area contributed by atoms with Crippen LogP contribution in [0.15, 0.2) is 9.32 Å². The van der Waals surface area contributed by atoms with Crippen molar-refractivity contribution < 1.29 is 9.10 Å². The van der Waals surface area contributed by atoms with Crippen molar-refractivity contribution in [2.45, 2.75) is 13.8 Å². The molecule has 0 aromatic carbocycles. The van der Waals surface area contributed by atoms with E-state index in [0.29, 0.717) is 23.2 Å². The number of aromatic nitrogens is 1. The summed E-state index contributed by atoms with van der Waals surface area (Å²) in [5, 5.41) is 9.30. The Balaban J connectivity index is 2.61. The summed E-state index contributed by atoms with van der Waals surface area (Å²) in [6.45, 7) is 4.38. The van der Waals surface area contributed by atoms with Gasteiger partial charge in [0, 0.05) is 4.74 Å². The van der Waals surface area contributed by atoms with Gasteiger partial charge in [-0.1, -0.05) is 0 Å².